The predicted octanol–water partition coefficient (Wildman–Crippen LogP) is 4.26. The number of carbonyl (C=O) groups is 1. The van der Waals surface area contributed by atoms with E-state index in [1.54, 1.807) is 4.90 Å². The lowest BCUT2D eigenvalue weighted by molar-refractivity contribution is -0.137. The summed E-state index contributed by atoms with van der Waals surface area (Å²) in [6.45, 7) is 1.07. The van der Waals surface area contributed by atoms with Gasteiger partial charge in [-0.05, 0) is 18.1 Å². The van der Waals surface area contributed by atoms with Crippen molar-refractivity contribution >= 4 is 23.5 Å². The lowest BCUT2D eigenvalue weighted by Crippen LogP contribution is -2.37. The first-order valence-corrected chi connectivity index (χ1v) is 8.65. The molecule has 2 heterocycles. The quantitative estimate of drug-likeness (QED) is 0.834. The Balaban J connectivity index is 1.53. The number of ether oxygens (including phenoxy) is 1. The van der Waals surface area contributed by atoms with Gasteiger partial charge in [0.15, 0.2) is 0 Å². The zero-order valence-electron chi connectivity index (χ0n) is 14.2. The fraction of sp³-hybridized carbons (Fsp3) is 0.333. The van der Waals surface area contributed by atoms with Crippen molar-refractivity contribution in [3.8, 4) is 0 Å². The van der Waals surface area contributed by atoms with Crippen molar-refractivity contribution in [1.82, 2.24) is 10.3 Å². The van der Waals surface area contributed by atoms with Gasteiger partial charge in [-0.3, -0.25) is 0 Å². The summed E-state index contributed by atoms with van der Waals surface area (Å²) in [5.41, 5.74) is -0.0175. The molecular formula is C18H17ClF3N3O2. The van der Waals surface area contributed by atoms with Crippen LogP contribution in [-0.2, 0) is 17.5 Å². The molecule has 3 rings (SSSR count). The molecule has 0 unspecified atom stereocenters. The van der Waals surface area contributed by atoms with E-state index in [2.05, 4.69) is 10.3 Å². The zero-order valence-corrected chi connectivity index (χ0v) is 14.9. The molecular weight excluding hydrogens is 383 g/mol. The summed E-state index contributed by atoms with van der Waals surface area (Å²) in [6, 6.07) is 9.94. The molecule has 1 aromatic heterocycles. The highest BCUT2D eigenvalue weighted by molar-refractivity contribution is 6.33. The average molecular weight is 400 g/mol. The molecule has 0 aliphatic carbocycles. The van der Waals surface area contributed by atoms with Gasteiger partial charge in [-0.1, -0.05) is 41.9 Å². The maximum Gasteiger partial charge on any atom is 0.417 e. The Hall–Kier alpha value is -2.48. The second-order valence-corrected chi connectivity index (χ2v) is 6.57. The number of anilines is 1. The van der Waals surface area contributed by atoms with Crippen LogP contribution in [0.1, 0.15) is 17.5 Å². The van der Waals surface area contributed by atoms with Gasteiger partial charge in [0.2, 0.25) is 0 Å². The highest BCUT2D eigenvalue weighted by Crippen LogP contribution is 2.34. The number of alkyl halides is 3. The summed E-state index contributed by atoms with van der Waals surface area (Å²) in [5.74, 6) is 0.270. The van der Waals surface area contributed by atoms with Crippen molar-refractivity contribution < 1.29 is 22.7 Å². The van der Waals surface area contributed by atoms with Gasteiger partial charge in [-0.25, -0.2) is 9.78 Å². The van der Waals surface area contributed by atoms with Gasteiger partial charge in [-0.15, -0.1) is 0 Å². The summed E-state index contributed by atoms with van der Waals surface area (Å²) in [6.07, 6.45) is -3.67. The molecule has 0 radical (unpaired) electrons. The van der Waals surface area contributed by atoms with Gasteiger partial charge >= 0.3 is 12.3 Å². The first-order valence-electron chi connectivity index (χ1n) is 8.28. The maximum absolute atomic E-state index is 12.7. The molecule has 1 atom stereocenters. The van der Waals surface area contributed by atoms with Crippen molar-refractivity contribution in [1.29, 1.82) is 0 Å². The van der Waals surface area contributed by atoms with Gasteiger partial charge in [0, 0.05) is 19.3 Å². The van der Waals surface area contributed by atoms with E-state index < -0.39 is 17.8 Å². The number of pyridine rings is 1. The van der Waals surface area contributed by atoms with Crippen LogP contribution >= 0.6 is 11.6 Å². The number of alkyl carbamates (subject to hydrolysis) is 1. The second kappa shape index (κ2) is 8.04. The molecule has 0 saturated carbocycles. The van der Waals surface area contributed by atoms with Gasteiger partial charge in [0.05, 0.1) is 16.6 Å². The lowest BCUT2D eigenvalue weighted by Gasteiger charge is -2.20. The van der Waals surface area contributed by atoms with E-state index >= 15 is 0 Å². The van der Waals surface area contributed by atoms with E-state index in [0.29, 0.717) is 19.5 Å². The number of hydrogen-bond donors (Lipinski definition) is 1. The Labute approximate surface area is 159 Å². The number of carbonyl (C=O) groups excluding carboxylic acids is 1. The summed E-state index contributed by atoms with van der Waals surface area (Å²) in [4.78, 5) is 17.5. The minimum Gasteiger partial charge on any atom is -0.445 e. The molecule has 0 bridgehead atoms. The maximum atomic E-state index is 12.7. The molecule has 27 heavy (non-hydrogen) atoms. The second-order valence-electron chi connectivity index (χ2n) is 6.16. The SMILES string of the molecule is O=C(N[C@H]1CCN(c2ncc(C(F)(F)F)cc2Cl)C1)OCc1ccccc1. The first kappa shape index (κ1) is 19.3. The third-order valence-electron chi connectivity index (χ3n) is 4.17. The summed E-state index contributed by atoms with van der Waals surface area (Å²) in [7, 11) is 0. The molecule has 0 spiro atoms. The van der Waals surface area contributed by atoms with Gasteiger partial charge in [0.1, 0.15) is 12.4 Å². The van der Waals surface area contributed by atoms with Crippen molar-refractivity contribution in [2.45, 2.75) is 25.2 Å². The topological polar surface area (TPSA) is 54.5 Å². The van der Waals surface area contributed by atoms with Crippen LogP contribution in [0.4, 0.5) is 23.8 Å². The number of hydrogen-bond acceptors (Lipinski definition) is 4. The van der Waals surface area contributed by atoms with Crippen molar-refractivity contribution in [2.24, 2.45) is 0 Å². The van der Waals surface area contributed by atoms with Crippen LogP contribution in [0.2, 0.25) is 5.02 Å². The molecule has 144 valence electrons. The van der Waals surface area contributed by atoms with Crippen LogP contribution in [0.25, 0.3) is 0 Å². The number of amides is 1. The average Bonchev–Trinajstić information content (AvgIpc) is 3.08. The predicted molar refractivity (Wildman–Crippen MR) is 94.6 cm³/mol. The fourth-order valence-electron chi connectivity index (χ4n) is 2.82. The third kappa shape index (κ3) is 5.03. The molecule has 1 amide bonds. The fourth-order valence-corrected chi connectivity index (χ4v) is 3.11. The van der Waals surface area contributed by atoms with Crippen LogP contribution in [0, 0.1) is 0 Å². The minimum absolute atomic E-state index is 0.0721. The highest BCUT2D eigenvalue weighted by atomic mass is 35.5. The van der Waals surface area contributed by atoms with E-state index in [1.807, 2.05) is 30.3 Å². The van der Waals surface area contributed by atoms with E-state index in [4.69, 9.17) is 16.3 Å². The summed E-state index contributed by atoms with van der Waals surface area (Å²) >= 11 is 5.97. The third-order valence-corrected chi connectivity index (χ3v) is 4.45. The highest BCUT2D eigenvalue weighted by Gasteiger charge is 2.33. The molecule has 2 aromatic rings. The lowest BCUT2D eigenvalue weighted by atomic mass is 10.2. The normalized spacial score (nSPS) is 17.0. The minimum atomic E-state index is -4.49. The monoisotopic (exact) mass is 399 g/mol. The van der Waals surface area contributed by atoms with Gasteiger partial charge in [0.25, 0.3) is 0 Å². The molecule has 5 nitrogen and oxygen atoms in total. The molecule has 1 aliphatic rings. The van der Waals surface area contributed by atoms with Crippen LogP contribution in [0.5, 0.6) is 0 Å². The van der Waals surface area contributed by atoms with E-state index in [-0.39, 0.29) is 23.5 Å². The van der Waals surface area contributed by atoms with E-state index in [0.717, 1.165) is 17.8 Å². The molecule has 1 aromatic carbocycles. The van der Waals surface area contributed by atoms with Crippen LogP contribution < -0.4 is 10.2 Å². The number of nitrogens with zero attached hydrogens (tertiary/aromatic N) is 2. The van der Waals surface area contributed by atoms with Gasteiger partial charge in [-0.2, -0.15) is 13.2 Å². The van der Waals surface area contributed by atoms with Crippen molar-refractivity contribution in [3.63, 3.8) is 0 Å². The van der Waals surface area contributed by atoms with E-state index in [9.17, 15) is 18.0 Å². The number of nitrogens with one attached hydrogen (secondary N) is 1. The first-order chi connectivity index (χ1) is 12.8. The van der Waals surface area contributed by atoms with Gasteiger partial charge < -0.3 is 15.0 Å². The number of rotatable bonds is 4. The van der Waals surface area contributed by atoms with Crippen LogP contribution in [0.15, 0.2) is 42.6 Å². The Kier molecular flexibility index (Phi) is 5.74. The van der Waals surface area contributed by atoms with Crippen molar-refractivity contribution in [2.75, 3.05) is 18.0 Å². The number of aromatic nitrogens is 1. The smallest absolute Gasteiger partial charge is 0.417 e. The molecule has 9 heteroatoms. The molecule has 1 aliphatic heterocycles. The Bertz CT molecular complexity index is 802. The Morgan fingerprint density at radius 3 is 2.74 bits per heavy atom. The molecule has 1 saturated heterocycles. The van der Waals surface area contributed by atoms with Crippen LogP contribution in [0.3, 0.4) is 0 Å². The van der Waals surface area contributed by atoms with Crippen LogP contribution in [-0.4, -0.2) is 30.2 Å². The Morgan fingerprint density at radius 1 is 1.33 bits per heavy atom. The summed E-state index contributed by atoms with van der Waals surface area (Å²) < 4.78 is 43.3. The number of halogens is 4. The summed E-state index contributed by atoms with van der Waals surface area (Å²) in [5, 5.41) is 2.68. The van der Waals surface area contributed by atoms with E-state index in [1.165, 1.54) is 0 Å². The van der Waals surface area contributed by atoms with Crippen molar-refractivity contribution in [3.05, 3.63) is 58.7 Å². The molecule has 1 N–H and O–H groups in total. The largest absolute Gasteiger partial charge is 0.445 e. The number of benzene rings is 1. The zero-order chi connectivity index (χ0) is 19.4. The Morgan fingerprint density at radius 2 is 2.07 bits per heavy atom. The standard InChI is InChI=1S/C18H17ClF3N3O2/c19-15-8-13(18(20,21)22)9-23-16(15)25-7-6-14(10-25)24-17(26)27-11-12-4-2-1-3-5-12/h1-5,8-9,14H,6-7,10-11H2,(H,24,26)/t14-/m0/s1. The molecule has 1 fully saturated rings.